The number of halogens is 2. The Morgan fingerprint density at radius 2 is 1.52 bits per heavy atom. The molecule has 0 spiro atoms. The maximum Gasteiger partial charge on any atom is 0.166 e. The number of Topliss-reactive ketones (excluding diaryl/α,β-unsaturated/α-hetero) is 1. The van der Waals surface area contributed by atoms with E-state index in [4.69, 9.17) is 28.2 Å². The van der Waals surface area contributed by atoms with Gasteiger partial charge in [-0.1, -0.05) is 41.4 Å². The minimum absolute atomic E-state index is 0.0841. The fourth-order valence-electron chi connectivity index (χ4n) is 3.78. The van der Waals surface area contributed by atoms with Gasteiger partial charge in [-0.05, 0) is 74.5 Å². The quantitative estimate of drug-likeness (QED) is 0.460. The Morgan fingerprint density at radius 1 is 0.897 bits per heavy atom. The monoisotopic (exact) mass is 424 g/mol. The molecule has 0 bridgehead atoms. The molecule has 148 valence electrons. The summed E-state index contributed by atoms with van der Waals surface area (Å²) in [6.07, 6.45) is 1.75. The molecule has 0 saturated carbocycles. The molecule has 0 radical (unpaired) electrons. The predicted molar refractivity (Wildman–Crippen MR) is 118 cm³/mol. The first kappa shape index (κ1) is 20.1. The topological polar surface area (TPSA) is 33.2 Å². The Kier molecular flexibility index (Phi) is 6.29. The number of pyridine rings is 1. The minimum Gasteiger partial charge on any atom is -0.297 e. The molecule has 3 aromatic rings. The third kappa shape index (κ3) is 5.05. The summed E-state index contributed by atoms with van der Waals surface area (Å²) in [5.41, 5.74) is 3.81. The van der Waals surface area contributed by atoms with Crippen LogP contribution in [0.3, 0.4) is 0 Å². The van der Waals surface area contributed by atoms with Gasteiger partial charge < -0.3 is 0 Å². The van der Waals surface area contributed by atoms with Gasteiger partial charge in [0, 0.05) is 33.6 Å². The van der Waals surface area contributed by atoms with Crippen molar-refractivity contribution in [2.24, 2.45) is 5.92 Å². The first-order chi connectivity index (χ1) is 14.1. The SMILES string of the molecule is O=C(c1ccc(Cl)cc1)C1CCN(Cc2cccc(-c3ccc(Cl)cc3)n2)CC1. The molecule has 1 aliphatic rings. The van der Waals surface area contributed by atoms with Crippen molar-refractivity contribution in [1.82, 2.24) is 9.88 Å². The highest BCUT2D eigenvalue weighted by molar-refractivity contribution is 6.31. The van der Waals surface area contributed by atoms with E-state index in [9.17, 15) is 4.79 Å². The van der Waals surface area contributed by atoms with E-state index in [2.05, 4.69) is 11.0 Å². The molecule has 1 aromatic heterocycles. The number of nitrogens with zero attached hydrogens (tertiary/aromatic N) is 2. The Bertz CT molecular complexity index is 979. The van der Waals surface area contributed by atoms with Crippen LogP contribution in [0.1, 0.15) is 28.9 Å². The number of ketones is 1. The fourth-order valence-corrected chi connectivity index (χ4v) is 4.03. The zero-order valence-corrected chi connectivity index (χ0v) is 17.5. The molecular formula is C24H22Cl2N2O. The second-order valence-corrected chi connectivity index (χ2v) is 8.32. The average Bonchev–Trinajstić information content (AvgIpc) is 2.75. The first-order valence-corrected chi connectivity index (χ1v) is 10.6. The van der Waals surface area contributed by atoms with Crippen molar-refractivity contribution in [3.63, 3.8) is 0 Å². The molecule has 1 aliphatic heterocycles. The summed E-state index contributed by atoms with van der Waals surface area (Å²) >= 11 is 11.9. The highest BCUT2D eigenvalue weighted by Crippen LogP contribution is 2.24. The molecule has 0 atom stereocenters. The largest absolute Gasteiger partial charge is 0.297 e. The molecule has 2 aromatic carbocycles. The van der Waals surface area contributed by atoms with Crippen molar-refractivity contribution in [3.05, 3.63) is 88.0 Å². The Hall–Kier alpha value is -2.20. The molecule has 2 heterocycles. The summed E-state index contributed by atoms with van der Waals surface area (Å²) in [5.74, 6) is 0.310. The fraction of sp³-hybridized carbons (Fsp3) is 0.250. The minimum atomic E-state index is 0.0841. The van der Waals surface area contributed by atoms with Crippen LogP contribution in [-0.2, 0) is 6.54 Å². The lowest BCUT2D eigenvalue weighted by Crippen LogP contribution is -2.36. The van der Waals surface area contributed by atoms with E-state index in [0.717, 1.165) is 60.0 Å². The smallest absolute Gasteiger partial charge is 0.166 e. The number of hydrogen-bond donors (Lipinski definition) is 0. The second-order valence-electron chi connectivity index (χ2n) is 7.44. The molecule has 3 nitrogen and oxygen atoms in total. The van der Waals surface area contributed by atoms with Crippen molar-refractivity contribution in [1.29, 1.82) is 0 Å². The number of carbonyl (C=O) groups excluding carboxylic acids is 1. The van der Waals surface area contributed by atoms with Gasteiger partial charge in [-0.25, -0.2) is 0 Å². The van der Waals surface area contributed by atoms with Crippen molar-refractivity contribution in [3.8, 4) is 11.3 Å². The summed E-state index contributed by atoms with van der Waals surface area (Å²) < 4.78 is 0. The van der Waals surface area contributed by atoms with Crippen LogP contribution in [-0.4, -0.2) is 28.8 Å². The van der Waals surface area contributed by atoms with E-state index >= 15 is 0 Å². The lowest BCUT2D eigenvalue weighted by Gasteiger charge is -2.31. The van der Waals surface area contributed by atoms with Gasteiger partial charge in [-0.15, -0.1) is 0 Å². The number of hydrogen-bond acceptors (Lipinski definition) is 3. The van der Waals surface area contributed by atoms with Gasteiger partial charge in [0.15, 0.2) is 5.78 Å². The third-order valence-electron chi connectivity index (χ3n) is 5.42. The predicted octanol–water partition coefficient (Wildman–Crippen LogP) is 6.15. The summed E-state index contributed by atoms with van der Waals surface area (Å²) in [6, 6.07) is 21.1. The molecule has 1 fully saturated rings. The summed E-state index contributed by atoms with van der Waals surface area (Å²) in [6.45, 7) is 2.59. The van der Waals surface area contributed by atoms with Crippen LogP contribution in [0, 0.1) is 5.92 Å². The summed E-state index contributed by atoms with van der Waals surface area (Å²) in [5, 5.41) is 1.38. The van der Waals surface area contributed by atoms with Crippen LogP contribution in [0.4, 0.5) is 0 Å². The van der Waals surface area contributed by atoms with E-state index in [0.29, 0.717) is 5.02 Å². The molecule has 4 rings (SSSR count). The normalized spacial score (nSPS) is 15.4. The molecular weight excluding hydrogens is 403 g/mol. The zero-order valence-electron chi connectivity index (χ0n) is 16.0. The Balaban J connectivity index is 1.36. The van der Waals surface area contributed by atoms with Crippen LogP contribution in [0.15, 0.2) is 66.7 Å². The van der Waals surface area contributed by atoms with Crippen LogP contribution in [0.2, 0.25) is 10.0 Å². The molecule has 0 unspecified atom stereocenters. The third-order valence-corrected chi connectivity index (χ3v) is 5.92. The number of carbonyl (C=O) groups is 1. The van der Waals surface area contributed by atoms with E-state index in [-0.39, 0.29) is 11.7 Å². The number of piperidine rings is 1. The lowest BCUT2D eigenvalue weighted by atomic mass is 9.89. The van der Waals surface area contributed by atoms with Crippen LogP contribution in [0.25, 0.3) is 11.3 Å². The summed E-state index contributed by atoms with van der Waals surface area (Å²) in [7, 11) is 0. The number of rotatable bonds is 5. The van der Waals surface area contributed by atoms with Gasteiger partial charge in [-0.2, -0.15) is 0 Å². The van der Waals surface area contributed by atoms with Gasteiger partial charge in [-0.3, -0.25) is 14.7 Å². The van der Waals surface area contributed by atoms with Crippen LogP contribution >= 0.6 is 23.2 Å². The van der Waals surface area contributed by atoms with Gasteiger partial charge in [0.25, 0.3) is 0 Å². The van der Waals surface area contributed by atoms with Gasteiger partial charge in [0.1, 0.15) is 0 Å². The van der Waals surface area contributed by atoms with Crippen molar-refractivity contribution >= 4 is 29.0 Å². The number of benzene rings is 2. The second kappa shape index (κ2) is 9.08. The standard InChI is InChI=1S/C24H22Cl2N2O/c25-20-8-4-17(5-9-20)23-3-1-2-22(27-23)16-28-14-12-19(13-15-28)24(29)18-6-10-21(26)11-7-18/h1-11,19H,12-16H2. The maximum absolute atomic E-state index is 12.7. The van der Waals surface area contributed by atoms with E-state index in [1.165, 1.54) is 0 Å². The molecule has 29 heavy (non-hydrogen) atoms. The molecule has 0 amide bonds. The molecule has 0 N–H and O–H groups in total. The van der Waals surface area contributed by atoms with E-state index in [1.807, 2.05) is 48.5 Å². The van der Waals surface area contributed by atoms with Crippen molar-refractivity contribution < 1.29 is 4.79 Å². The molecule has 0 aliphatic carbocycles. The number of likely N-dealkylation sites (tertiary alicyclic amines) is 1. The first-order valence-electron chi connectivity index (χ1n) is 9.82. The van der Waals surface area contributed by atoms with Gasteiger partial charge in [0.2, 0.25) is 0 Å². The highest BCUT2D eigenvalue weighted by atomic mass is 35.5. The van der Waals surface area contributed by atoms with E-state index < -0.39 is 0 Å². The number of aromatic nitrogens is 1. The van der Waals surface area contributed by atoms with Gasteiger partial charge >= 0.3 is 0 Å². The maximum atomic E-state index is 12.7. The molecule has 1 saturated heterocycles. The van der Waals surface area contributed by atoms with Crippen molar-refractivity contribution in [2.45, 2.75) is 19.4 Å². The summed E-state index contributed by atoms with van der Waals surface area (Å²) in [4.78, 5) is 19.9. The Labute approximate surface area is 181 Å². The van der Waals surface area contributed by atoms with Crippen molar-refractivity contribution in [2.75, 3.05) is 13.1 Å². The lowest BCUT2D eigenvalue weighted by molar-refractivity contribution is 0.0834. The average molecular weight is 425 g/mol. The zero-order chi connectivity index (χ0) is 20.2. The van der Waals surface area contributed by atoms with E-state index in [1.54, 1.807) is 12.1 Å². The van der Waals surface area contributed by atoms with Crippen LogP contribution in [0.5, 0.6) is 0 Å². The van der Waals surface area contributed by atoms with Crippen LogP contribution < -0.4 is 0 Å². The highest BCUT2D eigenvalue weighted by Gasteiger charge is 2.26. The molecule has 5 heteroatoms. The van der Waals surface area contributed by atoms with Gasteiger partial charge in [0.05, 0.1) is 11.4 Å². The Morgan fingerprint density at radius 3 is 2.17 bits per heavy atom.